The predicted octanol–water partition coefficient (Wildman–Crippen LogP) is 5.81. The maximum absolute atomic E-state index is 6.41. The van der Waals surface area contributed by atoms with Crippen molar-refractivity contribution in [1.82, 2.24) is 0 Å². The monoisotopic (exact) mass is 280 g/mol. The van der Waals surface area contributed by atoms with Gasteiger partial charge in [0.1, 0.15) is 0 Å². The van der Waals surface area contributed by atoms with E-state index < -0.39 is 0 Å². The van der Waals surface area contributed by atoms with Crippen molar-refractivity contribution >= 4 is 19.6 Å². The molecule has 0 saturated heterocycles. The van der Waals surface area contributed by atoms with Crippen LogP contribution in [0.2, 0.25) is 0 Å². The molecular formula is C17H33BS. The highest BCUT2D eigenvalue weighted by molar-refractivity contribution is 8.03. The molecule has 2 unspecified atom stereocenters. The molecule has 2 atom stereocenters. The van der Waals surface area contributed by atoms with Gasteiger partial charge in [-0.15, -0.1) is 0 Å². The van der Waals surface area contributed by atoms with Gasteiger partial charge in [0.15, 0.2) is 0 Å². The number of hydrogen-bond acceptors (Lipinski definition) is 1. The zero-order valence-corrected chi connectivity index (χ0v) is 15.2. The fraction of sp³-hybridized carbons (Fsp3) is 0.882. The molecule has 110 valence electrons. The van der Waals surface area contributed by atoms with Gasteiger partial charge < -0.3 is 0 Å². The molecule has 0 aromatic carbocycles. The van der Waals surface area contributed by atoms with Gasteiger partial charge >= 0.3 is 0 Å². The van der Waals surface area contributed by atoms with E-state index in [4.69, 9.17) is 7.85 Å². The minimum absolute atomic E-state index is 0.108. The Morgan fingerprint density at radius 2 is 1.68 bits per heavy atom. The van der Waals surface area contributed by atoms with Crippen LogP contribution in [0, 0.1) is 11.3 Å². The van der Waals surface area contributed by atoms with E-state index in [1.165, 1.54) is 6.42 Å². The molecule has 0 fully saturated rings. The zero-order chi connectivity index (χ0) is 15.3. The number of thioether (sulfide) groups is 1. The maximum atomic E-state index is 6.41. The first kappa shape index (κ1) is 19.2. The Morgan fingerprint density at radius 1 is 1.16 bits per heavy atom. The Morgan fingerprint density at radius 3 is 2.11 bits per heavy atom. The van der Waals surface area contributed by atoms with Crippen molar-refractivity contribution < 1.29 is 0 Å². The molecule has 0 aromatic heterocycles. The lowest BCUT2D eigenvalue weighted by molar-refractivity contribution is 0.270. The van der Waals surface area contributed by atoms with E-state index in [1.54, 1.807) is 0 Å². The van der Waals surface area contributed by atoms with Crippen molar-refractivity contribution in [2.24, 2.45) is 11.3 Å². The SMILES string of the molecule is [B]C(C)(CCC)SC(C)(C)CC(C)C(C)(C)C=CC. The molecule has 0 rings (SSSR count). The first-order chi connectivity index (χ1) is 8.46. The molecule has 0 aliphatic heterocycles. The van der Waals surface area contributed by atoms with Crippen LogP contribution in [-0.2, 0) is 0 Å². The molecule has 0 nitrogen and oxygen atoms in total. The Hall–Kier alpha value is 0.155. The van der Waals surface area contributed by atoms with Gasteiger partial charge in [0.25, 0.3) is 0 Å². The Bertz CT molecular complexity index is 290. The van der Waals surface area contributed by atoms with Crippen molar-refractivity contribution in [2.45, 2.75) is 84.0 Å². The van der Waals surface area contributed by atoms with Crippen LogP contribution in [-0.4, -0.2) is 17.2 Å². The van der Waals surface area contributed by atoms with Crippen LogP contribution in [0.15, 0.2) is 12.2 Å². The maximum Gasteiger partial charge on any atom is 0.0889 e. The molecule has 2 heteroatoms. The number of allylic oxidation sites excluding steroid dienone is 2. The summed E-state index contributed by atoms with van der Waals surface area (Å²) in [5, 5.41) is 0. The van der Waals surface area contributed by atoms with E-state index in [9.17, 15) is 0 Å². The highest BCUT2D eigenvalue weighted by atomic mass is 32.2. The molecule has 0 N–H and O–H groups in total. The van der Waals surface area contributed by atoms with Crippen molar-refractivity contribution in [3.8, 4) is 0 Å². The van der Waals surface area contributed by atoms with Crippen LogP contribution in [0.25, 0.3) is 0 Å². The largest absolute Gasteiger partial charge is 0.159 e. The first-order valence-corrected chi connectivity index (χ1v) is 8.40. The lowest BCUT2D eigenvalue weighted by Crippen LogP contribution is -2.33. The molecule has 2 radical (unpaired) electrons. The predicted molar refractivity (Wildman–Crippen MR) is 93.1 cm³/mol. The lowest BCUT2D eigenvalue weighted by Gasteiger charge is -2.40. The average molecular weight is 280 g/mol. The lowest BCUT2D eigenvalue weighted by atomic mass is 9.75. The molecule has 19 heavy (non-hydrogen) atoms. The van der Waals surface area contributed by atoms with E-state index in [-0.39, 0.29) is 14.8 Å². The van der Waals surface area contributed by atoms with Crippen molar-refractivity contribution in [3.63, 3.8) is 0 Å². The highest BCUT2D eigenvalue weighted by Crippen LogP contribution is 2.44. The smallest absolute Gasteiger partial charge is 0.0889 e. The van der Waals surface area contributed by atoms with Crippen molar-refractivity contribution in [1.29, 1.82) is 0 Å². The van der Waals surface area contributed by atoms with E-state index in [0.717, 1.165) is 12.8 Å². The summed E-state index contributed by atoms with van der Waals surface area (Å²) >= 11 is 1.94. The van der Waals surface area contributed by atoms with E-state index >= 15 is 0 Å². The number of rotatable bonds is 8. The molecule has 0 saturated carbocycles. The summed E-state index contributed by atoms with van der Waals surface area (Å²) in [6, 6.07) is 0. The summed E-state index contributed by atoms with van der Waals surface area (Å²) in [6.07, 6.45) is 7.90. The second-order valence-corrected chi connectivity index (χ2v) is 9.59. The Balaban J connectivity index is 4.68. The van der Waals surface area contributed by atoms with Gasteiger partial charge in [-0.2, -0.15) is 11.8 Å². The summed E-state index contributed by atoms with van der Waals surface area (Å²) in [5.74, 6) is 0.642. The van der Waals surface area contributed by atoms with Gasteiger partial charge in [-0.05, 0) is 35.7 Å². The molecular weight excluding hydrogens is 247 g/mol. The quantitative estimate of drug-likeness (QED) is 0.399. The zero-order valence-electron chi connectivity index (χ0n) is 14.3. The highest BCUT2D eigenvalue weighted by Gasteiger charge is 2.33. The summed E-state index contributed by atoms with van der Waals surface area (Å²) in [6.45, 7) is 18.2. The minimum atomic E-state index is -0.108. The second kappa shape index (κ2) is 7.25. The molecule has 0 aliphatic carbocycles. The topological polar surface area (TPSA) is 0 Å². The molecule has 0 aromatic rings. The van der Waals surface area contributed by atoms with Crippen LogP contribution >= 0.6 is 11.8 Å². The molecule has 0 bridgehead atoms. The third-order valence-electron chi connectivity index (χ3n) is 3.92. The normalized spacial score (nSPS) is 18.5. The summed E-state index contributed by atoms with van der Waals surface area (Å²) in [4.78, 5) is 0. The van der Waals surface area contributed by atoms with Gasteiger partial charge in [-0.1, -0.05) is 67.0 Å². The summed E-state index contributed by atoms with van der Waals surface area (Å²) in [5.41, 5.74) is 0.252. The standard InChI is InChI=1S/C17H33BS/c1-9-11-15(4,5)14(3)13-16(6,7)19-17(8,18)12-10-2/h9,11,14H,10,12-13H2,1-8H3. The van der Waals surface area contributed by atoms with Crippen molar-refractivity contribution in [3.05, 3.63) is 12.2 Å². The second-order valence-electron chi connectivity index (χ2n) is 7.35. The summed E-state index contributed by atoms with van der Waals surface area (Å²) in [7, 11) is 6.41. The van der Waals surface area contributed by atoms with Crippen LogP contribution in [0.4, 0.5) is 0 Å². The summed E-state index contributed by atoms with van der Waals surface area (Å²) < 4.78 is 0.111. The van der Waals surface area contributed by atoms with E-state index in [0.29, 0.717) is 5.92 Å². The minimum Gasteiger partial charge on any atom is -0.159 e. The number of hydrogen-bond donors (Lipinski definition) is 0. The Labute approximate surface area is 127 Å². The Kier molecular flexibility index (Phi) is 7.30. The van der Waals surface area contributed by atoms with Crippen LogP contribution < -0.4 is 0 Å². The molecule has 0 spiro atoms. The fourth-order valence-corrected chi connectivity index (χ4v) is 4.72. The van der Waals surface area contributed by atoms with Crippen molar-refractivity contribution in [2.75, 3.05) is 0 Å². The molecule has 0 amide bonds. The average Bonchev–Trinajstić information content (AvgIpc) is 2.13. The van der Waals surface area contributed by atoms with Gasteiger partial charge in [0.05, 0.1) is 7.85 Å². The van der Waals surface area contributed by atoms with Crippen LogP contribution in [0.1, 0.15) is 74.7 Å². The third kappa shape index (κ3) is 7.49. The molecule has 0 heterocycles. The first-order valence-electron chi connectivity index (χ1n) is 7.58. The third-order valence-corrected chi connectivity index (χ3v) is 5.31. The molecule has 0 aliphatic rings. The van der Waals surface area contributed by atoms with E-state index in [2.05, 4.69) is 67.5 Å². The van der Waals surface area contributed by atoms with Gasteiger partial charge in [0.2, 0.25) is 0 Å². The van der Waals surface area contributed by atoms with Gasteiger partial charge in [-0.25, -0.2) is 0 Å². The van der Waals surface area contributed by atoms with Crippen LogP contribution in [0.5, 0.6) is 0 Å². The fourth-order valence-electron chi connectivity index (χ4n) is 2.81. The van der Waals surface area contributed by atoms with Crippen LogP contribution in [0.3, 0.4) is 0 Å². The van der Waals surface area contributed by atoms with Gasteiger partial charge in [0, 0.05) is 4.75 Å². The van der Waals surface area contributed by atoms with E-state index in [1.807, 2.05) is 11.8 Å². The van der Waals surface area contributed by atoms with Gasteiger partial charge in [-0.3, -0.25) is 0 Å².